The molecule has 0 aliphatic carbocycles. The van der Waals surface area contributed by atoms with Gasteiger partial charge in [-0.1, -0.05) is 78.9 Å². The number of aromatic amines is 1. The molecule has 0 radical (unpaired) electrons. The Balaban J connectivity index is 1.53. The molecule has 0 saturated heterocycles. The summed E-state index contributed by atoms with van der Waals surface area (Å²) in [4.78, 5) is 31.0. The molecule has 4 aromatic rings. The molecule has 6 nitrogen and oxygen atoms in total. The van der Waals surface area contributed by atoms with Crippen LogP contribution in [0.25, 0.3) is 10.9 Å². The Morgan fingerprint density at radius 3 is 2.32 bits per heavy atom. The van der Waals surface area contributed by atoms with Gasteiger partial charge in [0.05, 0.1) is 6.04 Å². The molecular formula is C28H29N3O3. The first-order chi connectivity index (χ1) is 16.5. The average molecular weight is 456 g/mol. The fourth-order valence-corrected chi connectivity index (χ4v) is 4.00. The molecule has 0 fully saturated rings. The van der Waals surface area contributed by atoms with Crippen molar-refractivity contribution in [3.8, 4) is 0 Å². The molecule has 2 amide bonds. The second-order valence-corrected chi connectivity index (χ2v) is 8.37. The number of carbonyl (C=O) groups excluding carboxylic acids is 2. The van der Waals surface area contributed by atoms with Crippen LogP contribution in [0.1, 0.15) is 29.7 Å². The number of rotatable bonds is 8. The molecule has 174 valence electrons. The summed E-state index contributed by atoms with van der Waals surface area (Å²) >= 11 is 0. The Morgan fingerprint density at radius 1 is 0.941 bits per heavy atom. The predicted molar refractivity (Wildman–Crippen MR) is 133 cm³/mol. The first-order valence-corrected chi connectivity index (χ1v) is 11.4. The van der Waals surface area contributed by atoms with Crippen molar-refractivity contribution < 1.29 is 14.3 Å². The van der Waals surface area contributed by atoms with E-state index in [0.29, 0.717) is 6.42 Å². The van der Waals surface area contributed by atoms with E-state index in [4.69, 9.17) is 4.74 Å². The minimum absolute atomic E-state index is 0.145. The van der Waals surface area contributed by atoms with Gasteiger partial charge in [-0.05, 0) is 29.7 Å². The highest BCUT2D eigenvalue weighted by atomic mass is 16.6. The molecule has 0 aliphatic heterocycles. The lowest BCUT2D eigenvalue weighted by Crippen LogP contribution is -2.49. The molecule has 1 heterocycles. The number of ether oxygens (including phenoxy) is 1. The third-order valence-corrected chi connectivity index (χ3v) is 6.01. The van der Waals surface area contributed by atoms with Crippen LogP contribution in [-0.4, -0.2) is 35.0 Å². The molecule has 0 saturated carbocycles. The van der Waals surface area contributed by atoms with Crippen molar-refractivity contribution in [2.24, 2.45) is 0 Å². The average Bonchev–Trinajstić information content (AvgIpc) is 3.29. The third-order valence-electron chi connectivity index (χ3n) is 6.01. The van der Waals surface area contributed by atoms with E-state index in [1.54, 1.807) is 7.05 Å². The van der Waals surface area contributed by atoms with Crippen LogP contribution in [0, 0.1) is 0 Å². The van der Waals surface area contributed by atoms with Crippen LogP contribution in [-0.2, 0) is 22.6 Å². The number of carbonyl (C=O) groups is 2. The maximum absolute atomic E-state index is 13.4. The van der Waals surface area contributed by atoms with Crippen molar-refractivity contribution in [2.75, 3.05) is 7.05 Å². The van der Waals surface area contributed by atoms with Crippen LogP contribution in [0.3, 0.4) is 0 Å². The fraction of sp³-hybridized carbons (Fsp3) is 0.214. The van der Waals surface area contributed by atoms with Gasteiger partial charge in [-0.2, -0.15) is 0 Å². The maximum Gasteiger partial charge on any atom is 0.410 e. The molecule has 0 spiro atoms. The van der Waals surface area contributed by atoms with Crippen LogP contribution < -0.4 is 5.32 Å². The van der Waals surface area contributed by atoms with Gasteiger partial charge in [0.2, 0.25) is 5.91 Å². The van der Waals surface area contributed by atoms with Crippen molar-refractivity contribution in [1.82, 2.24) is 15.2 Å². The number of fused-ring (bicyclic) bond motifs is 1. The Labute approximate surface area is 199 Å². The van der Waals surface area contributed by atoms with Gasteiger partial charge in [0.1, 0.15) is 12.6 Å². The molecule has 34 heavy (non-hydrogen) atoms. The van der Waals surface area contributed by atoms with Crippen LogP contribution in [0.15, 0.2) is 91.1 Å². The fourth-order valence-electron chi connectivity index (χ4n) is 4.00. The summed E-state index contributed by atoms with van der Waals surface area (Å²) in [6.45, 7) is 2.08. The van der Waals surface area contributed by atoms with Crippen LogP contribution in [0.4, 0.5) is 4.79 Å². The smallest absolute Gasteiger partial charge is 0.410 e. The standard InChI is InChI=1S/C28H29N3O3/c1-20(22-13-7-4-8-14-22)30-27(32)26(17-23-18-29-25-16-10-9-15-24(23)25)31(2)28(33)34-19-21-11-5-3-6-12-21/h3-16,18,20,26,29H,17,19H2,1-2H3,(H,30,32)/t20-,26-/m0/s1. The van der Waals surface area contributed by atoms with Crippen LogP contribution >= 0.6 is 0 Å². The first kappa shape index (κ1) is 23.1. The van der Waals surface area contributed by atoms with E-state index in [9.17, 15) is 9.59 Å². The number of para-hydroxylation sites is 1. The van der Waals surface area contributed by atoms with Crippen molar-refractivity contribution in [2.45, 2.75) is 32.0 Å². The molecule has 0 bridgehead atoms. The zero-order valence-corrected chi connectivity index (χ0v) is 19.4. The van der Waals surface area contributed by atoms with Crippen molar-refractivity contribution in [3.63, 3.8) is 0 Å². The lowest BCUT2D eigenvalue weighted by Gasteiger charge is -2.28. The monoisotopic (exact) mass is 455 g/mol. The summed E-state index contributed by atoms with van der Waals surface area (Å²) in [5.41, 5.74) is 3.84. The Hall–Kier alpha value is -4.06. The Kier molecular flexibility index (Phi) is 7.28. The van der Waals surface area contributed by atoms with E-state index in [1.807, 2.05) is 98.0 Å². The minimum Gasteiger partial charge on any atom is -0.445 e. The minimum atomic E-state index is -0.742. The lowest BCUT2D eigenvalue weighted by molar-refractivity contribution is -0.126. The Bertz CT molecular complexity index is 1240. The third kappa shape index (κ3) is 5.46. The number of nitrogens with one attached hydrogen (secondary N) is 2. The topological polar surface area (TPSA) is 74.4 Å². The number of aromatic nitrogens is 1. The quantitative estimate of drug-likeness (QED) is 0.382. The normalized spacial score (nSPS) is 12.6. The molecule has 2 atom stereocenters. The molecule has 4 rings (SSSR count). The summed E-state index contributed by atoms with van der Waals surface area (Å²) in [6, 6.07) is 26.2. The number of H-pyrrole nitrogens is 1. The number of hydrogen-bond acceptors (Lipinski definition) is 3. The number of nitrogens with zero attached hydrogens (tertiary/aromatic N) is 1. The van der Waals surface area contributed by atoms with Crippen molar-refractivity contribution >= 4 is 22.9 Å². The van der Waals surface area contributed by atoms with Gasteiger partial charge >= 0.3 is 6.09 Å². The molecular weight excluding hydrogens is 426 g/mol. The number of benzene rings is 3. The Morgan fingerprint density at radius 2 is 1.59 bits per heavy atom. The molecule has 6 heteroatoms. The van der Waals surface area contributed by atoms with E-state index < -0.39 is 12.1 Å². The maximum atomic E-state index is 13.4. The zero-order chi connectivity index (χ0) is 23.9. The van der Waals surface area contributed by atoms with E-state index in [2.05, 4.69) is 10.3 Å². The molecule has 0 aliphatic rings. The summed E-state index contributed by atoms with van der Waals surface area (Å²) in [5.74, 6) is -0.235. The van der Waals surface area contributed by atoms with Gasteiger partial charge in [-0.25, -0.2) is 4.79 Å². The molecule has 2 N–H and O–H groups in total. The van der Waals surface area contributed by atoms with Crippen molar-refractivity contribution in [3.05, 3.63) is 108 Å². The highest BCUT2D eigenvalue weighted by Gasteiger charge is 2.30. The molecule has 0 unspecified atom stereocenters. The van der Waals surface area contributed by atoms with Gasteiger partial charge in [-0.3, -0.25) is 9.69 Å². The number of likely N-dealkylation sites (N-methyl/N-ethyl adjacent to an activating group) is 1. The van der Waals surface area contributed by atoms with Gasteiger partial charge < -0.3 is 15.0 Å². The summed E-state index contributed by atoms with van der Waals surface area (Å²) in [5, 5.41) is 4.10. The predicted octanol–water partition coefficient (Wildman–Crippen LogP) is 5.23. The number of amides is 2. The first-order valence-electron chi connectivity index (χ1n) is 11.4. The molecule has 3 aromatic carbocycles. The second kappa shape index (κ2) is 10.7. The van der Waals surface area contributed by atoms with Crippen molar-refractivity contribution in [1.29, 1.82) is 0 Å². The van der Waals surface area contributed by atoms with Gasteiger partial charge in [0.15, 0.2) is 0 Å². The highest BCUT2D eigenvalue weighted by molar-refractivity contribution is 5.88. The van der Waals surface area contributed by atoms with Crippen LogP contribution in [0.5, 0.6) is 0 Å². The van der Waals surface area contributed by atoms with Gasteiger partial charge in [0.25, 0.3) is 0 Å². The summed E-state index contributed by atoms with van der Waals surface area (Å²) < 4.78 is 5.52. The SMILES string of the molecule is C[C@H](NC(=O)[C@H](Cc1c[nH]c2ccccc12)N(C)C(=O)OCc1ccccc1)c1ccccc1. The van der Waals surface area contributed by atoms with Crippen LogP contribution in [0.2, 0.25) is 0 Å². The second-order valence-electron chi connectivity index (χ2n) is 8.37. The lowest BCUT2D eigenvalue weighted by atomic mass is 10.0. The van der Waals surface area contributed by atoms with Gasteiger partial charge in [-0.15, -0.1) is 0 Å². The van der Waals surface area contributed by atoms with E-state index in [1.165, 1.54) is 4.90 Å². The van der Waals surface area contributed by atoms with E-state index >= 15 is 0 Å². The number of hydrogen-bond donors (Lipinski definition) is 2. The summed E-state index contributed by atoms with van der Waals surface area (Å²) in [7, 11) is 1.61. The highest BCUT2D eigenvalue weighted by Crippen LogP contribution is 2.21. The zero-order valence-electron chi connectivity index (χ0n) is 19.4. The van der Waals surface area contributed by atoms with E-state index in [0.717, 1.165) is 27.6 Å². The largest absolute Gasteiger partial charge is 0.445 e. The summed E-state index contributed by atoms with van der Waals surface area (Å²) in [6.07, 6.45) is 1.71. The van der Waals surface area contributed by atoms with Gasteiger partial charge in [0, 0.05) is 30.6 Å². The molecule has 1 aromatic heterocycles. The van der Waals surface area contributed by atoms with E-state index in [-0.39, 0.29) is 18.6 Å².